The molecule has 4 nitrogen and oxygen atoms in total. The van der Waals surface area contributed by atoms with Gasteiger partial charge in [-0.25, -0.2) is 9.97 Å². The third-order valence-electron chi connectivity index (χ3n) is 5.37. The summed E-state index contributed by atoms with van der Waals surface area (Å²) < 4.78 is 4.06. The van der Waals surface area contributed by atoms with Gasteiger partial charge in [0.25, 0.3) is 0 Å². The van der Waals surface area contributed by atoms with Crippen LogP contribution in [0.15, 0.2) is 59.7 Å². The molecule has 6 rings (SSSR count). The van der Waals surface area contributed by atoms with E-state index in [0.29, 0.717) is 15.1 Å². The maximum atomic E-state index is 6.72. The molecular weight excluding hydrogens is 503 g/mol. The molecule has 158 valence electrons. The fraction of sp³-hybridized carbons (Fsp3) is 0.0435. The highest BCUT2D eigenvalue weighted by Gasteiger charge is 2.20. The van der Waals surface area contributed by atoms with Crippen LogP contribution in [0, 0.1) is 6.92 Å². The fourth-order valence-corrected chi connectivity index (χ4v) is 6.08. The summed E-state index contributed by atoms with van der Waals surface area (Å²) in [6.07, 6.45) is 5.98. The minimum Gasteiger partial charge on any atom is -0.297 e. The maximum Gasteiger partial charge on any atom is 0.194 e. The lowest BCUT2D eigenvalue weighted by Crippen LogP contribution is -1.90. The van der Waals surface area contributed by atoms with Crippen LogP contribution in [-0.2, 0) is 0 Å². The van der Waals surface area contributed by atoms with Gasteiger partial charge in [0.2, 0.25) is 0 Å². The van der Waals surface area contributed by atoms with Gasteiger partial charge in [-0.05, 0) is 30.7 Å². The molecule has 0 fully saturated rings. The Balaban J connectivity index is 1.57. The Hall–Kier alpha value is -2.35. The van der Waals surface area contributed by atoms with E-state index in [2.05, 4.69) is 16.7 Å². The summed E-state index contributed by atoms with van der Waals surface area (Å²) >= 11 is 23.2. The van der Waals surface area contributed by atoms with Crippen molar-refractivity contribution in [1.82, 2.24) is 18.8 Å². The van der Waals surface area contributed by atoms with Crippen LogP contribution >= 0.6 is 57.5 Å². The first kappa shape index (κ1) is 20.3. The van der Waals surface area contributed by atoms with Gasteiger partial charge in [0.1, 0.15) is 0 Å². The number of hydrogen-bond donors (Lipinski definition) is 0. The van der Waals surface area contributed by atoms with Crippen molar-refractivity contribution in [3.8, 4) is 33.6 Å². The Morgan fingerprint density at radius 3 is 2.53 bits per heavy atom. The van der Waals surface area contributed by atoms with Gasteiger partial charge in [-0.2, -0.15) is 0 Å². The van der Waals surface area contributed by atoms with Gasteiger partial charge in [-0.15, -0.1) is 22.7 Å². The molecule has 6 aromatic rings. The third-order valence-corrected chi connectivity index (χ3v) is 8.21. The summed E-state index contributed by atoms with van der Waals surface area (Å²) in [5.41, 5.74) is 6.12. The van der Waals surface area contributed by atoms with E-state index in [0.717, 1.165) is 49.3 Å². The fourth-order valence-electron chi connectivity index (χ4n) is 3.82. The molecule has 0 aliphatic rings. The molecule has 0 aliphatic carbocycles. The number of hydrogen-bond acceptors (Lipinski definition) is 4. The summed E-state index contributed by atoms with van der Waals surface area (Å²) in [5, 5.41) is 5.61. The molecule has 0 unspecified atom stereocenters. The van der Waals surface area contributed by atoms with Gasteiger partial charge in [0.05, 0.1) is 26.5 Å². The molecule has 0 amide bonds. The van der Waals surface area contributed by atoms with E-state index < -0.39 is 0 Å². The Morgan fingerprint density at radius 1 is 0.875 bits per heavy atom. The molecule has 0 aliphatic heterocycles. The van der Waals surface area contributed by atoms with Crippen molar-refractivity contribution in [1.29, 1.82) is 0 Å². The third kappa shape index (κ3) is 3.17. The van der Waals surface area contributed by atoms with E-state index in [9.17, 15) is 0 Å². The van der Waals surface area contributed by atoms with Crippen LogP contribution in [0.1, 0.15) is 5.69 Å². The number of thiazole rings is 2. The van der Waals surface area contributed by atoms with E-state index in [4.69, 9.17) is 44.8 Å². The Bertz CT molecular complexity index is 1610. The lowest BCUT2D eigenvalue weighted by Gasteiger charge is -2.14. The van der Waals surface area contributed by atoms with Crippen molar-refractivity contribution < 1.29 is 0 Å². The molecule has 0 saturated carbocycles. The Kier molecular flexibility index (Phi) is 4.82. The molecule has 2 aromatic carbocycles. The van der Waals surface area contributed by atoms with Gasteiger partial charge in [-0.3, -0.25) is 8.80 Å². The van der Waals surface area contributed by atoms with Crippen molar-refractivity contribution in [2.24, 2.45) is 0 Å². The largest absolute Gasteiger partial charge is 0.297 e. The zero-order valence-electron chi connectivity index (χ0n) is 16.5. The minimum absolute atomic E-state index is 0.461. The second kappa shape index (κ2) is 7.61. The molecule has 0 spiro atoms. The van der Waals surface area contributed by atoms with Crippen molar-refractivity contribution in [3.05, 3.63) is 80.4 Å². The van der Waals surface area contributed by atoms with Crippen molar-refractivity contribution in [2.45, 2.75) is 6.92 Å². The average molecular weight is 516 g/mol. The lowest BCUT2D eigenvalue weighted by atomic mass is 9.95. The average Bonchev–Trinajstić information content (AvgIpc) is 3.52. The molecule has 4 heterocycles. The van der Waals surface area contributed by atoms with Crippen LogP contribution in [0.4, 0.5) is 0 Å². The zero-order valence-corrected chi connectivity index (χ0v) is 20.4. The van der Waals surface area contributed by atoms with Gasteiger partial charge in [-0.1, -0.05) is 46.9 Å². The van der Waals surface area contributed by atoms with Crippen LogP contribution in [0.2, 0.25) is 15.1 Å². The predicted molar refractivity (Wildman–Crippen MR) is 136 cm³/mol. The molecule has 4 aromatic heterocycles. The number of aryl methyl sites for hydroxylation is 1. The first-order chi connectivity index (χ1) is 15.5. The molecular formula is C23H13Cl3N4S2. The van der Waals surface area contributed by atoms with Crippen molar-refractivity contribution in [3.63, 3.8) is 0 Å². The van der Waals surface area contributed by atoms with Crippen LogP contribution in [0.5, 0.6) is 0 Å². The minimum atomic E-state index is 0.461. The molecule has 9 heteroatoms. The van der Waals surface area contributed by atoms with Gasteiger partial charge < -0.3 is 0 Å². The highest BCUT2D eigenvalue weighted by atomic mass is 35.5. The topological polar surface area (TPSA) is 34.6 Å². The second-order valence-corrected chi connectivity index (χ2v) is 10.3. The standard InChI is InChI=1S/C23H13Cl3N4S2/c1-12-11-32-23-28-19(10-30(12)23)20-14(3-2-4-16(20)24)15-7-13(8-17(25)21(15)26)18-9-29-5-6-31-22(29)27-18/h2-11H,1H3. The summed E-state index contributed by atoms with van der Waals surface area (Å²) in [6, 6.07) is 9.63. The first-order valence-electron chi connectivity index (χ1n) is 9.63. The molecule has 32 heavy (non-hydrogen) atoms. The highest BCUT2D eigenvalue weighted by Crippen LogP contribution is 2.44. The molecule has 0 atom stereocenters. The Morgan fingerprint density at radius 2 is 1.72 bits per heavy atom. The van der Waals surface area contributed by atoms with Crippen LogP contribution in [0.25, 0.3) is 43.6 Å². The molecule has 0 N–H and O–H groups in total. The second-order valence-electron chi connectivity index (χ2n) is 7.36. The van der Waals surface area contributed by atoms with Crippen molar-refractivity contribution >= 4 is 67.4 Å². The zero-order chi connectivity index (χ0) is 22.0. The van der Waals surface area contributed by atoms with Crippen LogP contribution in [0.3, 0.4) is 0 Å². The van der Waals surface area contributed by atoms with E-state index >= 15 is 0 Å². The normalized spacial score (nSPS) is 11.8. The number of aromatic nitrogens is 4. The number of fused-ring (bicyclic) bond motifs is 2. The summed E-state index contributed by atoms with van der Waals surface area (Å²) in [7, 11) is 0. The van der Waals surface area contributed by atoms with Crippen LogP contribution < -0.4 is 0 Å². The van der Waals surface area contributed by atoms with E-state index in [1.807, 2.05) is 58.7 Å². The smallest absolute Gasteiger partial charge is 0.194 e. The van der Waals surface area contributed by atoms with E-state index in [1.165, 1.54) is 0 Å². The predicted octanol–water partition coefficient (Wildman–Crippen LogP) is 8.37. The van der Waals surface area contributed by atoms with Gasteiger partial charge in [0.15, 0.2) is 9.92 Å². The number of rotatable bonds is 3. The number of benzene rings is 2. The van der Waals surface area contributed by atoms with E-state index in [1.54, 1.807) is 22.7 Å². The molecule has 0 radical (unpaired) electrons. The Labute approximate surface area is 206 Å². The van der Waals surface area contributed by atoms with Crippen LogP contribution in [-0.4, -0.2) is 18.8 Å². The van der Waals surface area contributed by atoms with Gasteiger partial charge >= 0.3 is 0 Å². The number of nitrogens with zero attached hydrogens (tertiary/aromatic N) is 4. The lowest BCUT2D eigenvalue weighted by molar-refractivity contribution is 1.13. The molecule has 0 saturated heterocycles. The number of halogens is 3. The highest BCUT2D eigenvalue weighted by molar-refractivity contribution is 7.15. The SMILES string of the molecule is Cc1csc2nc(-c3c(Cl)cccc3-c3cc(-c4cn5ccsc5n4)cc(Cl)c3Cl)cn12. The first-order valence-corrected chi connectivity index (χ1v) is 12.5. The summed E-state index contributed by atoms with van der Waals surface area (Å²) in [4.78, 5) is 11.4. The number of imidazole rings is 2. The van der Waals surface area contributed by atoms with Crippen molar-refractivity contribution in [2.75, 3.05) is 0 Å². The summed E-state index contributed by atoms with van der Waals surface area (Å²) in [5.74, 6) is 0. The summed E-state index contributed by atoms with van der Waals surface area (Å²) in [6.45, 7) is 2.05. The van der Waals surface area contributed by atoms with Gasteiger partial charge in [0, 0.05) is 51.7 Å². The molecule has 0 bridgehead atoms. The van der Waals surface area contributed by atoms with E-state index in [-0.39, 0.29) is 0 Å². The maximum absolute atomic E-state index is 6.72. The monoisotopic (exact) mass is 514 g/mol. The quantitative estimate of drug-likeness (QED) is 0.237.